The fourth-order valence-corrected chi connectivity index (χ4v) is 2.14. The van der Waals surface area contributed by atoms with Gasteiger partial charge in [-0.2, -0.15) is 0 Å². The lowest BCUT2D eigenvalue weighted by molar-refractivity contribution is 0.0404. The van der Waals surface area contributed by atoms with Gasteiger partial charge in [0.25, 0.3) is 0 Å². The highest BCUT2D eigenvalue weighted by Crippen LogP contribution is 2.23. The Balaban J connectivity index is 2.14. The van der Waals surface area contributed by atoms with E-state index in [1.807, 2.05) is 0 Å². The van der Waals surface area contributed by atoms with E-state index in [-0.39, 0.29) is 17.7 Å². The quantitative estimate of drug-likeness (QED) is 0.816. The van der Waals surface area contributed by atoms with E-state index in [1.165, 1.54) is 12.1 Å². The average Bonchev–Trinajstić information content (AvgIpc) is 2.75. The smallest absolute Gasteiger partial charge is 0.191 e. The highest BCUT2D eigenvalue weighted by Gasteiger charge is 2.30. The van der Waals surface area contributed by atoms with Gasteiger partial charge in [0.1, 0.15) is 11.9 Å². The molecule has 1 aliphatic heterocycles. The van der Waals surface area contributed by atoms with E-state index >= 15 is 0 Å². The van der Waals surface area contributed by atoms with Gasteiger partial charge in [0.2, 0.25) is 0 Å². The summed E-state index contributed by atoms with van der Waals surface area (Å²) in [6.45, 7) is 2.18. The molecule has 0 bridgehead atoms. The Labute approximate surface area is 99.8 Å². The summed E-state index contributed by atoms with van der Waals surface area (Å²) in [6, 6.07) is 4.34. The van der Waals surface area contributed by atoms with Gasteiger partial charge in [-0.3, -0.25) is 4.79 Å². The highest BCUT2D eigenvalue weighted by molar-refractivity contribution is 5.99. The van der Waals surface area contributed by atoms with Gasteiger partial charge in [0.15, 0.2) is 5.78 Å². The van der Waals surface area contributed by atoms with Crippen molar-refractivity contribution in [2.75, 3.05) is 6.54 Å². The lowest BCUT2D eigenvalue weighted by Gasteiger charge is -2.11. The zero-order valence-electron chi connectivity index (χ0n) is 9.78. The number of benzene rings is 1. The third kappa shape index (κ3) is 2.70. The Morgan fingerprint density at radius 3 is 2.82 bits per heavy atom. The largest absolute Gasteiger partial charge is 0.366 e. The first-order valence-corrected chi connectivity index (χ1v) is 5.77. The van der Waals surface area contributed by atoms with Gasteiger partial charge < -0.3 is 10.5 Å². The Kier molecular flexibility index (Phi) is 3.54. The lowest BCUT2D eigenvalue weighted by atomic mass is 10.0. The lowest BCUT2D eigenvalue weighted by Crippen LogP contribution is -2.25. The van der Waals surface area contributed by atoms with Crippen LogP contribution in [0.3, 0.4) is 0 Å². The van der Waals surface area contributed by atoms with Crippen LogP contribution in [0.25, 0.3) is 0 Å². The van der Waals surface area contributed by atoms with Gasteiger partial charge in [0, 0.05) is 12.1 Å². The van der Waals surface area contributed by atoms with Crippen LogP contribution in [-0.2, 0) is 4.74 Å². The summed E-state index contributed by atoms with van der Waals surface area (Å²) in [6.07, 6.45) is 0.945. The predicted molar refractivity (Wildman–Crippen MR) is 62.4 cm³/mol. The minimum Gasteiger partial charge on any atom is -0.366 e. The molecule has 0 amide bonds. The van der Waals surface area contributed by atoms with Gasteiger partial charge in [-0.05, 0) is 43.5 Å². The maximum Gasteiger partial charge on any atom is 0.191 e. The topological polar surface area (TPSA) is 52.3 Å². The molecule has 1 aromatic rings. The third-order valence-corrected chi connectivity index (χ3v) is 2.99. The Hall–Kier alpha value is -1.26. The Bertz CT molecular complexity index is 413. The molecule has 0 saturated carbocycles. The standard InChI is InChI=1S/C13H16FNO2/c1-8-4-9(6-10(14)5-8)13(16)12-3-2-11(7-15)17-12/h4-6,11-12H,2-3,7,15H2,1H3. The van der Waals surface area contributed by atoms with E-state index in [0.29, 0.717) is 18.5 Å². The molecule has 1 fully saturated rings. The van der Waals surface area contributed by atoms with Crippen molar-refractivity contribution in [3.8, 4) is 0 Å². The summed E-state index contributed by atoms with van der Waals surface area (Å²) < 4.78 is 18.7. The fourth-order valence-electron chi connectivity index (χ4n) is 2.14. The van der Waals surface area contributed by atoms with E-state index in [4.69, 9.17) is 10.5 Å². The van der Waals surface area contributed by atoms with Crippen molar-refractivity contribution in [2.24, 2.45) is 5.73 Å². The van der Waals surface area contributed by atoms with E-state index < -0.39 is 6.10 Å². The van der Waals surface area contributed by atoms with Gasteiger partial charge >= 0.3 is 0 Å². The molecule has 0 aromatic heterocycles. The second-order valence-electron chi connectivity index (χ2n) is 4.44. The van der Waals surface area contributed by atoms with Crippen molar-refractivity contribution >= 4 is 5.78 Å². The molecular formula is C13H16FNO2. The van der Waals surface area contributed by atoms with Gasteiger partial charge in [0.05, 0.1) is 6.10 Å². The summed E-state index contributed by atoms with van der Waals surface area (Å²) >= 11 is 0. The number of halogens is 1. The molecule has 4 heteroatoms. The van der Waals surface area contributed by atoms with Crippen molar-refractivity contribution in [3.05, 3.63) is 35.1 Å². The summed E-state index contributed by atoms with van der Waals surface area (Å²) in [5.74, 6) is -0.537. The number of carbonyl (C=O) groups is 1. The second kappa shape index (κ2) is 4.94. The van der Waals surface area contributed by atoms with Gasteiger partial charge in [-0.25, -0.2) is 4.39 Å². The molecule has 1 heterocycles. The first kappa shape index (κ1) is 12.2. The van der Waals surface area contributed by atoms with E-state index in [9.17, 15) is 9.18 Å². The number of hydrogen-bond acceptors (Lipinski definition) is 3. The molecule has 17 heavy (non-hydrogen) atoms. The van der Waals surface area contributed by atoms with Crippen molar-refractivity contribution < 1.29 is 13.9 Å². The van der Waals surface area contributed by atoms with Crippen LogP contribution in [0.4, 0.5) is 4.39 Å². The molecule has 0 spiro atoms. The van der Waals surface area contributed by atoms with Crippen LogP contribution >= 0.6 is 0 Å². The van der Waals surface area contributed by atoms with E-state index in [1.54, 1.807) is 13.0 Å². The molecular weight excluding hydrogens is 221 g/mol. The van der Waals surface area contributed by atoms with Crippen LogP contribution < -0.4 is 5.73 Å². The number of hydrogen-bond donors (Lipinski definition) is 1. The number of nitrogens with two attached hydrogens (primary N) is 1. The highest BCUT2D eigenvalue weighted by atomic mass is 19.1. The van der Waals surface area contributed by atoms with Crippen molar-refractivity contribution in [1.29, 1.82) is 0 Å². The summed E-state index contributed by atoms with van der Waals surface area (Å²) in [4.78, 5) is 12.1. The minimum absolute atomic E-state index is 0.0430. The van der Waals surface area contributed by atoms with Crippen LogP contribution in [0, 0.1) is 12.7 Å². The predicted octanol–water partition coefficient (Wildman–Crippen LogP) is 1.82. The van der Waals surface area contributed by atoms with Crippen LogP contribution in [0.1, 0.15) is 28.8 Å². The zero-order valence-corrected chi connectivity index (χ0v) is 9.78. The molecule has 2 atom stereocenters. The molecule has 0 radical (unpaired) electrons. The number of carbonyl (C=O) groups excluding carboxylic acids is 1. The summed E-state index contributed by atoms with van der Waals surface area (Å²) in [7, 11) is 0. The van der Waals surface area contributed by atoms with Crippen LogP contribution in [0.2, 0.25) is 0 Å². The molecule has 2 rings (SSSR count). The van der Waals surface area contributed by atoms with Crippen LogP contribution in [-0.4, -0.2) is 24.5 Å². The first-order chi connectivity index (χ1) is 8.10. The van der Waals surface area contributed by atoms with Gasteiger partial charge in [-0.15, -0.1) is 0 Å². The molecule has 1 aliphatic rings. The first-order valence-electron chi connectivity index (χ1n) is 5.77. The molecule has 2 unspecified atom stereocenters. The average molecular weight is 237 g/mol. The maximum atomic E-state index is 13.2. The van der Waals surface area contributed by atoms with Crippen molar-refractivity contribution in [3.63, 3.8) is 0 Å². The number of rotatable bonds is 3. The number of Topliss-reactive ketones (excluding diaryl/α,β-unsaturated/α-hetero) is 1. The van der Waals surface area contributed by atoms with Crippen LogP contribution in [0.5, 0.6) is 0 Å². The normalized spacial score (nSPS) is 23.9. The second-order valence-corrected chi connectivity index (χ2v) is 4.44. The summed E-state index contributed by atoms with van der Waals surface area (Å²) in [5.41, 5.74) is 6.60. The fraction of sp³-hybridized carbons (Fsp3) is 0.462. The van der Waals surface area contributed by atoms with Crippen molar-refractivity contribution in [2.45, 2.75) is 32.0 Å². The number of ether oxygens (including phenoxy) is 1. The minimum atomic E-state index is -0.468. The zero-order chi connectivity index (χ0) is 12.4. The molecule has 1 aromatic carbocycles. The Morgan fingerprint density at radius 2 is 2.24 bits per heavy atom. The SMILES string of the molecule is Cc1cc(F)cc(C(=O)C2CCC(CN)O2)c1. The van der Waals surface area contributed by atoms with E-state index in [2.05, 4.69) is 0 Å². The molecule has 0 aliphatic carbocycles. The molecule has 3 nitrogen and oxygen atoms in total. The van der Waals surface area contributed by atoms with Gasteiger partial charge in [-0.1, -0.05) is 0 Å². The van der Waals surface area contributed by atoms with E-state index in [0.717, 1.165) is 12.0 Å². The van der Waals surface area contributed by atoms with Crippen LogP contribution in [0.15, 0.2) is 18.2 Å². The number of ketones is 1. The molecule has 2 N–H and O–H groups in total. The maximum absolute atomic E-state index is 13.2. The Morgan fingerprint density at radius 1 is 1.47 bits per heavy atom. The monoisotopic (exact) mass is 237 g/mol. The molecule has 92 valence electrons. The summed E-state index contributed by atoms with van der Waals surface area (Å²) in [5, 5.41) is 0. The van der Waals surface area contributed by atoms with Crippen molar-refractivity contribution in [1.82, 2.24) is 0 Å². The number of aryl methyl sites for hydroxylation is 1. The molecule has 1 saturated heterocycles. The third-order valence-electron chi connectivity index (χ3n) is 2.99.